The van der Waals surface area contributed by atoms with E-state index in [2.05, 4.69) is 50.8 Å². The Bertz CT molecular complexity index is 495. The van der Waals surface area contributed by atoms with Crippen molar-refractivity contribution in [3.8, 4) is 0 Å². The van der Waals surface area contributed by atoms with Gasteiger partial charge in [0.25, 0.3) is 0 Å². The highest BCUT2D eigenvalue weighted by molar-refractivity contribution is 9.10. The second-order valence-electron chi connectivity index (χ2n) is 6.32. The fourth-order valence-electron chi connectivity index (χ4n) is 2.90. The molecule has 2 fully saturated rings. The summed E-state index contributed by atoms with van der Waals surface area (Å²) in [4.78, 5) is 11.5. The summed E-state index contributed by atoms with van der Waals surface area (Å²) in [5, 5.41) is 6.60. The second kappa shape index (κ2) is 6.93. The molecule has 1 aromatic carbocycles. The van der Waals surface area contributed by atoms with Crippen molar-refractivity contribution in [3.05, 3.63) is 34.3 Å². The van der Waals surface area contributed by atoms with E-state index in [1.54, 1.807) is 0 Å². The zero-order valence-electron chi connectivity index (χ0n) is 12.3. The molecule has 1 amide bonds. The average Bonchev–Trinajstić information content (AvgIpc) is 3.20. The molecule has 0 atom stereocenters. The van der Waals surface area contributed by atoms with Gasteiger partial charge in [0.15, 0.2) is 0 Å². The first-order valence-corrected chi connectivity index (χ1v) is 8.78. The molecule has 0 heterocycles. The van der Waals surface area contributed by atoms with Crippen LogP contribution in [-0.2, 0) is 4.79 Å². The molecular formula is C17H23BrN2O. The lowest BCUT2D eigenvalue weighted by atomic mass is 9.76. The largest absolute Gasteiger partial charge is 0.353 e. The van der Waals surface area contributed by atoms with E-state index in [1.165, 1.54) is 31.2 Å². The van der Waals surface area contributed by atoms with Gasteiger partial charge in [-0.1, -0.05) is 28.1 Å². The molecule has 2 N–H and O–H groups in total. The van der Waals surface area contributed by atoms with Crippen LogP contribution < -0.4 is 10.6 Å². The van der Waals surface area contributed by atoms with Gasteiger partial charge in [0, 0.05) is 23.0 Å². The van der Waals surface area contributed by atoms with Crippen LogP contribution in [0.5, 0.6) is 0 Å². The molecule has 1 aromatic rings. The molecule has 3 nitrogen and oxygen atoms in total. The molecule has 2 saturated carbocycles. The summed E-state index contributed by atoms with van der Waals surface area (Å²) in [6.07, 6.45) is 6.36. The van der Waals surface area contributed by atoms with Gasteiger partial charge < -0.3 is 10.6 Å². The maximum absolute atomic E-state index is 11.5. The van der Waals surface area contributed by atoms with Crippen LogP contribution in [0.3, 0.4) is 0 Å². The minimum absolute atomic E-state index is 0.222. The normalized spacial score (nSPS) is 24.4. The highest BCUT2D eigenvalue weighted by Gasteiger charge is 2.29. The van der Waals surface area contributed by atoms with Crippen molar-refractivity contribution in [2.45, 2.75) is 56.5 Å². The van der Waals surface area contributed by atoms with Crippen molar-refractivity contribution < 1.29 is 4.79 Å². The van der Waals surface area contributed by atoms with Gasteiger partial charge in [-0.15, -0.1) is 0 Å². The molecule has 21 heavy (non-hydrogen) atoms. The van der Waals surface area contributed by atoms with Crippen molar-refractivity contribution in [2.75, 3.05) is 6.54 Å². The van der Waals surface area contributed by atoms with E-state index in [1.807, 2.05) is 0 Å². The predicted octanol–water partition coefficient (Wildman–Crippen LogP) is 3.34. The number of halogens is 1. The van der Waals surface area contributed by atoms with Crippen molar-refractivity contribution in [3.63, 3.8) is 0 Å². The summed E-state index contributed by atoms with van der Waals surface area (Å²) >= 11 is 3.53. The van der Waals surface area contributed by atoms with Gasteiger partial charge in [0.05, 0.1) is 0 Å². The fraction of sp³-hybridized carbons (Fsp3) is 0.588. The third-order valence-corrected chi connectivity index (χ3v) is 4.91. The monoisotopic (exact) mass is 350 g/mol. The van der Waals surface area contributed by atoms with E-state index in [0.717, 1.165) is 17.4 Å². The maximum Gasteiger partial charge on any atom is 0.220 e. The van der Waals surface area contributed by atoms with Gasteiger partial charge in [0.1, 0.15) is 0 Å². The molecule has 3 rings (SSSR count). The summed E-state index contributed by atoms with van der Waals surface area (Å²) in [5.74, 6) is 0.915. The molecule has 0 saturated heterocycles. The Balaban J connectivity index is 1.27. The van der Waals surface area contributed by atoms with Gasteiger partial charge in [-0.05, 0) is 62.3 Å². The molecule has 2 aliphatic rings. The van der Waals surface area contributed by atoms with E-state index in [9.17, 15) is 4.79 Å². The third kappa shape index (κ3) is 4.55. The molecule has 114 valence electrons. The smallest absolute Gasteiger partial charge is 0.220 e. The maximum atomic E-state index is 11.5. The number of nitrogens with one attached hydrogen (secondary N) is 2. The predicted molar refractivity (Wildman–Crippen MR) is 88.3 cm³/mol. The summed E-state index contributed by atoms with van der Waals surface area (Å²) in [6.45, 7) is 0.952. The van der Waals surface area contributed by atoms with Crippen LogP contribution in [-0.4, -0.2) is 24.5 Å². The van der Waals surface area contributed by atoms with Crippen LogP contribution in [0.1, 0.15) is 50.0 Å². The van der Waals surface area contributed by atoms with E-state index in [-0.39, 0.29) is 5.91 Å². The first-order chi connectivity index (χ1) is 10.2. The fourth-order valence-corrected chi connectivity index (χ4v) is 3.32. The van der Waals surface area contributed by atoms with Crippen LogP contribution in [0.2, 0.25) is 0 Å². The molecular weight excluding hydrogens is 328 g/mol. The molecule has 2 aliphatic carbocycles. The first-order valence-electron chi connectivity index (χ1n) is 7.99. The number of rotatable bonds is 7. The van der Waals surface area contributed by atoms with Gasteiger partial charge in [-0.25, -0.2) is 0 Å². The Morgan fingerprint density at radius 3 is 2.76 bits per heavy atom. The minimum Gasteiger partial charge on any atom is -0.353 e. The SMILES string of the molecule is O=C(CCCNC1CC(c2cccc(Br)c2)C1)NC1CC1. The second-order valence-corrected chi connectivity index (χ2v) is 7.24. The Labute approximate surface area is 135 Å². The zero-order chi connectivity index (χ0) is 14.7. The van der Waals surface area contributed by atoms with Crippen molar-refractivity contribution >= 4 is 21.8 Å². The van der Waals surface area contributed by atoms with E-state index in [4.69, 9.17) is 0 Å². The summed E-state index contributed by atoms with van der Waals surface area (Å²) in [7, 11) is 0. The molecule has 0 aromatic heterocycles. The third-order valence-electron chi connectivity index (χ3n) is 4.41. The van der Waals surface area contributed by atoms with Gasteiger partial charge in [-0.2, -0.15) is 0 Å². The molecule has 0 unspecified atom stereocenters. The Kier molecular flexibility index (Phi) is 4.96. The number of benzene rings is 1. The quantitative estimate of drug-likeness (QED) is 0.740. The van der Waals surface area contributed by atoms with Crippen molar-refractivity contribution in [2.24, 2.45) is 0 Å². The standard InChI is InChI=1S/C17H23BrN2O/c18-14-4-1-3-12(9-14)13-10-16(11-13)19-8-2-5-17(21)20-15-6-7-15/h1,3-4,9,13,15-16,19H,2,5-8,10-11H2,(H,20,21). The highest BCUT2D eigenvalue weighted by Crippen LogP contribution is 2.37. The minimum atomic E-state index is 0.222. The lowest BCUT2D eigenvalue weighted by molar-refractivity contribution is -0.121. The zero-order valence-corrected chi connectivity index (χ0v) is 13.9. The number of amides is 1. The number of hydrogen-bond acceptors (Lipinski definition) is 2. The van der Waals surface area contributed by atoms with Crippen LogP contribution in [0.4, 0.5) is 0 Å². The molecule has 0 bridgehead atoms. The topological polar surface area (TPSA) is 41.1 Å². The Morgan fingerprint density at radius 2 is 2.05 bits per heavy atom. The summed E-state index contributed by atoms with van der Waals surface area (Å²) in [5.41, 5.74) is 1.44. The van der Waals surface area contributed by atoms with Crippen LogP contribution >= 0.6 is 15.9 Å². The summed E-state index contributed by atoms with van der Waals surface area (Å²) < 4.78 is 1.16. The number of carbonyl (C=O) groups excluding carboxylic acids is 1. The van der Waals surface area contributed by atoms with E-state index in [0.29, 0.717) is 24.4 Å². The van der Waals surface area contributed by atoms with E-state index >= 15 is 0 Å². The van der Waals surface area contributed by atoms with Gasteiger partial charge >= 0.3 is 0 Å². The van der Waals surface area contributed by atoms with Crippen molar-refractivity contribution in [1.29, 1.82) is 0 Å². The lowest BCUT2D eigenvalue weighted by Crippen LogP contribution is -2.40. The Morgan fingerprint density at radius 1 is 1.24 bits per heavy atom. The number of carbonyl (C=O) groups is 1. The van der Waals surface area contributed by atoms with Gasteiger partial charge in [-0.3, -0.25) is 4.79 Å². The molecule has 0 spiro atoms. The van der Waals surface area contributed by atoms with Gasteiger partial charge in [0.2, 0.25) is 5.91 Å². The van der Waals surface area contributed by atoms with Crippen LogP contribution in [0.25, 0.3) is 0 Å². The Hall–Kier alpha value is -0.870. The summed E-state index contributed by atoms with van der Waals surface area (Å²) in [6, 6.07) is 9.74. The van der Waals surface area contributed by atoms with Crippen LogP contribution in [0.15, 0.2) is 28.7 Å². The first kappa shape index (κ1) is 15.0. The van der Waals surface area contributed by atoms with Crippen LogP contribution in [0, 0.1) is 0 Å². The molecule has 4 heteroatoms. The molecule has 0 aliphatic heterocycles. The highest BCUT2D eigenvalue weighted by atomic mass is 79.9. The lowest BCUT2D eigenvalue weighted by Gasteiger charge is -2.36. The molecule has 0 radical (unpaired) electrons. The van der Waals surface area contributed by atoms with Crippen molar-refractivity contribution in [1.82, 2.24) is 10.6 Å². The number of hydrogen-bond donors (Lipinski definition) is 2. The average molecular weight is 351 g/mol. The van der Waals surface area contributed by atoms with E-state index < -0.39 is 0 Å².